The molecular formula is C7H11BrN4OS. The van der Waals surface area contributed by atoms with Crippen LogP contribution in [0.1, 0.15) is 0 Å². The molecule has 5 nitrogen and oxygen atoms in total. The Labute approximate surface area is 93.1 Å². The molecule has 7 heteroatoms. The van der Waals surface area contributed by atoms with Gasteiger partial charge in [0, 0.05) is 29.4 Å². The van der Waals surface area contributed by atoms with Crippen molar-refractivity contribution in [3.8, 4) is 0 Å². The molecule has 1 aromatic rings. The van der Waals surface area contributed by atoms with Gasteiger partial charge in [0.25, 0.3) is 0 Å². The molecule has 0 radical (unpaired) electrons. The molecule has 0 bridgehead atoms. The van der Waals surface area contributed by atoms with E-state index in [1.165, 1.54) is 6.33 Å². The van der Waals surface area contributed by atoms with Crippen molar-refractivity contribution in [1.82, 2.24) is 9.97 Å². The van der Waals surface area contributed by atoms with Gasteiger partial charge in [0.05, 0.1) is 0 Å². The van der Waals surface area contributed by atoms with Crippen LogP contribution in [0.2, 0.25) is 0 Å². The van der Waals surface area contributed by atoms with Crippen LogP contribution in [0.15, 0.2) is 10.8 Å². The fraction of sp³-hybridized carbons (Fsp3) is 0.429. The summed E-state index contributed by atoms with van der Waals surface area (Å²) in [7, 11) is -0.804. The van der Waals surface area contributed by atoms with E-state index in [1.54, 1.807) is 6.26 Å². The molecular weight excluding hydrogens is 268 g/mol. The van der Waals surface area contributed by atoms with Gasteiger partial charge in [0.1, 0.15) is 22.4 Å². The van der Waals surface area contributed by atoms with Crippen molar-refractivity contribution in [1.29, 1.82) is 0 Å². The maximum atomic E-state index is 10.8. The van der Waals surface area contributed by atoms with Crippen LogP contribution in [0.3, 0.4) is 0 Å². The molecule has 1 aromatic heterocycles. The first-order valence-electron chi connectivity index (χ1n) is 3.91. The third-order valence-corrected chi connectivity index (χ3v) is 3.06. The largest absolute Gasteiger partial charge is 0.383 e. The van der Waals surface area contributed by atoms with Crippen molar-refractivity contribution in [2.24, 2.45) is 0 Å². The molecule has 1 atom stereocenters. The van der Waals surface area contributed by atoms with E-state index in [0.29, 0.717) is 28.4 Å². The lowest BCUT2D eigenvalue weighted by Gasteiger charge is -2.06. The fourth-order valence-electron chi connectivity index (χ4n) is 0.820. The zero-order valence-electron chi connectivity index (χ0n) is 7.66. The molecule has 3 N–H and O–H groups in total. The molecule has 1 heterocycles. The summed E-state index contributed by atoms with van der Waals surface area (Å²) < 4.78 is 11.4. The van der Waals surface area contributed by atoms with Crippen molar-refractivity contribution in [2.45, 2.75) is 0 Å². The van der Waals surface area contributed by atoms with Gasteiger partial charge in [-0.25, -0.2) is 9.97 Å². The molecule has 0 spiro atoms. The van der Waals surface area contributed by atoms with Gasteiger partial charge in [0.15, 0.2) is 0 Å². The van der Waals surface area contributed by atoms with Crippen LogP contribution in [-0.2, 0) is 10.8 Å². The highest BCUT2D eigenvalue weighted by Gasteiger charge is 2.04. The quantitative estimate of drug-likeness (QED) is 0.844. The SMILES string of the molecule is CS(=O)CCNc1ncnc(N)c1Br. The van der Waals surface area contributed by atoms with Crippen LogP contribution in [0.5, 0.6) is 0 Å². The van der Waals surface area contributed by atoms with E-state index in [2.05, 4.69) is 31.2 Å². The Balaban J connectivity index is 2.59. The second-order valence-corrected chi connectivity index (χ2v) is 4.97. The number of nitrogens with two attached hydrogens (primary N) is 1. The number of aromatic nitrogens is 2. The van der Waals surface area contributed by atoms with Crippen molar-refractivity contribution in [2.75, 3.05) is 29.6 Å². The maximum absolute atomic E-state index is 10.8. The first-order chi connectivity index (χ1) is 6.61. The number of nitrogen functional groups attached to an aromatic ring is 1. The van der Waals surface area contributed by atoms with Gasteiger partial charge in [-0.2, -0.15) is 0 Å². The number of hydrogen-bond donors (Lipinski definition) is 2. The second kappa shape index (κ2) is 5.26. The van der Waals surface area contributed by atoms with Gasteiger partial charge in [0.2, 0.25) is 0 Å². The van der Waals surface area contributed by atoms with Crippen LogP contribution < -0.4 is 11.1 Å². The number of rotatable bonds is 4. The molecule has 14 heavy (non-hydrogen) atoms. The van der Waals surface area contributed by atoms with Crippen LogP contribution in [0, 0.1) is 0 Å². The number of anilines is 2. The predicted octanol–water partition coefficient (Wildman–Crippen LogP) is 0.612. The van der Waals surface area contributed by atoms with Gasteiger partial charge >= 0.3 is 0 Å². The number of hydrogen-bond acceptors (Lipinski definition) is 5. The van der Waals surface area contributed by atoms with E-state index in [1.807, 2.05) is 0 Å². The molecule has 0 amide bonds. The monoisotopic (exact) mass is 278 g/mol. The number of halogens is 1. The van der Waals surface area contributed by atoms with Crippen molar-refractivity contribution in [3.05, 3.63) is 10.8 Å². The van der Waals surface area contributed by atoms with E-state index in [-0.39, 0.29) is 0 Å². The van der Waals surface area contributed by atoms with Gasteiger partial charge in [-0.1, -0.05) is 0 Å². The highest BCUT2D eigenvalue weighted by molar-refractivity contribution is 9.10. The lowest BCUT2D eigenvalue weighted by molar-refractivity contribution is 0.687. The summed E-state index contributed by atoms with van der Waals surface area (Å²) in [5, 5.41) is 3.01. The Morgan fingerprint density at radius 3 is 3.00 bits per heavy atom. The predicted molar refractivity (Wildman–Crippen MR) is 61.6 cm³/mol. The van der Waals surface area contributed by atoms with Gasteiger partial charge < -0.3 is 11.1 Å². The van der Waals surface area contributed by atoms with Gasteiger partial charge in [-0.3, -0.25) is 4.21 Å². The molecule has 0 aromatic carbocycles. The van der Waals surface area contributed by atoms with Crippen LogP contribution in [0.4, 0.5) is 11.6 Å². The van der Waals surface area contributed by atoms with E-state index in [9.17, 15) is 4.21 Å². The standard InChI is InChI=1S/C7H11BrN4OS/c1-14(13)3-2-10-7-5(8)6(9)11-4-12-7/h4H,2-3H2,1H3,(H3,9,10,11,12). The maximum Gasteiger partial charge on any atom is 0.145 e. The molecule has 78 valence electrons. The Kier molecular flexibility index (Phi) is 4.27. The van der Waals surface area contributed by atoms with Crippen molar-refractivity contribution in [3.63, 3.8) is 0 Å². The normalized spacial score (nSPS) is 12.4. The zero-order chi connectivity index (χ0) is 10.6. The average Bonchev–Trinajstić information content (AvgIpc) is 2.12. The fourth-order valence-corrected chi connectivity index (χ4v) is 1.55. The van der Waals surface area contributed by atoms with Crippen LogP contribution >= 0.6 is 15.9 Å². The lowest BCUT2D eigenvalue weighted by Crippen LogP contribution is -2.12. The van der Waals surface area contributed by atoms with E-state index >= 15 is 0 Å². The summed E-state index contributed by atoms with van der Waals surface area (Å²) in [4.78, 5) is 7.79. The molecule has 0 aliphatic heterocycles. The third kappa shape index (κ3) is 3.22. The molecule has 0 fully saturated rings. The topological polar surface area (TPSA) is 80.9 Å². The molecule has 0 aliphatic carbocycles. The lowest BCUT2D eigenvalue weighted by atomic mass is 10.5. The Morgan fingerprint density at radius 1 is 1.64 bits per heavy atom. The summed E-state index contributed by atoms with van der Waals surface area (Å²) >= 11 is 3.26. The Hall–Kier alpha value is -0.690. The third-order valence-electron chi connectivity index (χ3n) is 1.50. The van der Waals surface area contributed by atoms with Gasteiger partial charge in [-0.15, -0.1) is 0 Å². The summed E-state index contributed by atoms with van der Waals surface area (Å²) in [5.41, 5.74) is 5.55. The highest BCUT2D eigenvalue weighted by atomic mass is 79.9. The molecule has 0 saturated heterocycles. The Morgan fingerprint density at radius 2 is 2.36 bits per heavy atom. The van der Waals surface area contributed by atoms with Gasteiger partial charge in [-0.05, 0) is 15.9 Å². The highest BCUT2D eigenvalue weighted by Crippen LogP contribution is 2.23. The van der Waals surface area contributed by atoms with Crippen molar-refractivity contribution < 1.29 is 4.21 Å². The van der Waals surface area contributed by atoms with E-state index in [0.717, 1.165) is 0 Å². The first kappa shape index (κ1) is 11.4. The summed E-state index contributed by atoms with van der Waals surface area (Å²) in [6, 6.07) is 0. The van der Waals surface area contributed by atoms with Crippen LogP contribution in [-0.4, -0.2) is 32.7 Å². The Bertz CT molecular complexity index is 346. The molecule has 1 unspecified atom stereocenters. The first-order valence-corrected chi connectivity index (χ1v) is 6.43. The summed E-state index contributed by atoms with van der Waals surface area (Å²) in [6.07, 6.45) is 3.04. The van der Waals surface area contributed by atoms with Crippen molar-refractivity contribution >= 4 is 38.4 Å². The minimum atomic E-state index is -0.804. The number of nitrogens with zero attached hydrogens (tertiary/aromatic N) is 2. The zero-order valence-corrected chi connectivity index (χ0v) is 10.1. The average molecular weight is 279 g/mol. The van der Waals surface area contributed by atoms with Crippen LogP contribution in [0.25, 0.3) is 0 Å². The summed E-state index contributed by atoms with van der Waals surface area (Å²) in [5.74, 6) is 1.60. The number of nitrogens with one attached hydrogen (secondary N) is 1. The van der Waals surface area contributed by atoms with E-state index in [4.69, 9.17) is 5.73 Å². The second-order valence-electron chi connectivity index (χ2n) is 2.63. The molecule has 0 saturated carbocycles. The molecule has 1 rings (SSSR count). The smallest absolute Gasteiger partial charge is 0.145 e. The minimum Gasteiger partial charge on any atom is -0.383 e. The summed E-state index contributed by atoms with van der Waals surface area (Å²) in [6.45, 7) is 0.595. The molecule has 0 aliphatic rings. The van der Waals surface area contributed by atoms with E-state index < -0.39 is 10.8 Å². The minimum absolute atomic E-state index is 0.389.